The molecule has 4 aromatic heterocycles. The van der Waals surface area contributed by atoms with E-state index in [9.17, 15) is 38.5 Å². The number of carbonyl (C=O) groups excluding carboxylic acids is 3. The summed E-state index contributed by atoms with van der Waals surface area (Å²) in [5, 5.41) is 15.2. The molecule has 4 N–H and O–H groups in total. The van der Waals surface area contributed by atoms with Crippen molar-refractivity contribution in [1.82, 2.24) is 33.6 Å². The van der Waals surface area contributed by atoms with Crippen molar-refractivity contribution >= 4 is 42.7 Å². The highest BCUT2D eigenvalue weighted by Gasteiger charge is 2.52. The largest absolute Gasteiger partial charge is 0.497 e. The molecular formula is C58H61N9O17P+. The van der Waals surface area contributed by atoms with Gasteiger partial charge in [0.25, 0.3) is 11.5 Å². The van der Waals surface area contributed by atoms with Gasteiger partial charge in [-0.3, -0.25) is 42.3 Å². The Hall–Kier alpha value is -8.72. The Kier molecular flexibility index (Phi) is 18.2. The Morgan fingerprint density at radius 2 is 1.49 bits per heavy atom. The number of rotatable bonds is 24. The Balaban J connectivity index is 0.936. The predicted octanol–water partition coefficient (Wildman–Crippen LogP) is 4.57. The number of hydrogen-bond donors (Lipinski definition) is 4. The molecule has 0 saturated carbocycles. The van der Waals surface area contributed by atoms with E-state index in [1.807, 2.05) is 77.0 Å². The number of nitrogens with one attached hydrogen (secondary N) is 2. The van der Waals surface area contributed by atoms with Crippen LogP contribution in [0.15, 0.2) is 156 Å². The number of aryl methyl sites for hydroxylation is 2. The number of H-pyrrole nitrogens is 1. The number of methoxy groups -OCH3 is 2. The number of amides is 1. The monoisotopic (exact) mass is 1190 g/mol. The molecule has 0 bridgehead atoms. The number of ether oxygens (including phenoxy) is 7. The van der Waals surface area contributed by atoms with Gasteiger partial charge in [0.15, 0.2) is 23.2 Å². The smallest absolute Gasteiger partial charge is 0.472 e. The first-order valence-corrected chi connectivity index (χ1v) is 28.4. The highest BCUT2D eigenvalue weighted by atomic mass is 31.2. The third-order valence-electron chi connectivity index (χ3n) is 14.4. The molecule has 2 fully saturated rings. The van der Waals surface area contributed by atoms with E-state index < -0.39 is 105 Å². The molecule has 2 aliphatic heterocycles. The Bertz CT molecular complexity index is 3760. The molecule has 26 nitrogen and oxygen atoms in total. The number of benzene rings is 4. The van der Waals surface area contributed by atoms with Crippen LogP contribution in [0.3, 0.4) is 0 Å². The number of esters is 2. The molecule has 1 amide bonds. The summed E-state index contributed by atoms with van der Waals surface area (Å²) < 4.78 is 74.3. The van der Waals surface area contributed by atoms with Crippen LogP contribution >= 0.6 is 7.82 Å². The topological polar surface area (TPSA) is 311 Å². The first-order valence-electron chi connectivity index (χ1n) is 26.9. The first-order chi connectivity index (χ1) is 41.0. The number of carbonyl (C=O) groups is 3. The van der Waals surface area contributed by atoms with Gasteiger partial charge in [0.2, 0.25) is 6.33 Å². The van der Waals surface area contributed by atoms with Crippen LogP contribution < -0.4 is 30.6 Å². The van der Waals surface area contributed by atoms with E-state index in [0.717, 1.165) is 4.57 Å². The van der Waals surface area contributed by atoms with Gasteiger partial charge in [-0.2, -0.15) is 0 Å². The molecule has 85 heavy (non-hydrogen) atoms. The number of phosphoric acid groups is 1. The van der Waals surface area contributed by atoms with Crippen molar-refractivity contribution < 1.29 is 75.7 Å². The van der Waals surface area contributed by atoms with E-state index in [2.05, 4.69) is 25.3 Å². The lowest BCUT2D eigenvalue weighted by molar-refractivity contribution is -0.671. The third-order valence-corrected chi connectivity index (χ3v) is 15.4. The summed E-state index contributed by atoms with van der Waals surface area (Å²) in [6, 6.07) is 32.1. The van der Waals surface area contributed by atoms with Crippen LogP contribution in [0.4, 0.5) is 5.82 Å². The van der Waals surface area contributed by atoms with E-state index in [1.54, 1.807) is 81.3 Å². The summed E-state index contributed by atoms with van der Waals surface area (Å²) in [6.45, 7) is 0.630. The second kappa shape index (κ2) is 26.0. The van der Waals surface area contributed by atoms with Crippen molar-refractivity contribution in [2.45, 2.75) is 81.3 Å². The molecular weight excluding hydrogens is 1130 g/mol. The van der Waals surface area contributed by atoms with Crippen molar-refractivity contribution in [3.8, 4) is 11.5 Å². The number of anilines is 1. The number of hydrogen-bond acceptors (Lipinski definition) is 19. The van der Waals surface area contributed by atoms with E-state index in [1.165, 1.54) is 30.3 Å². The van der Waals surface area contributed by atoms with Crippen molar-refractivity contribution in [3.63, 3.8) is 0 Å². The van der Waals surface area contributed by atoms with Gasteiger partial charge in [0, 0.05) is 23.7 Å². The normalized spacial score (nSPS) is 20.2. The zero-order valence-electron chi connectivity index (χ0n) is 46.4. The summed E-state index contributed by atoms with van der Waals surface area (Å²) in [6.07, 6.45) is -2.06. The summed E-state index contributed by atoms with van der Waals surface area (Å²) in [7, 11) is -0.457. The molecule has 4 aromatic carbocycles. The van der Waals surface area contributed by atoms with E-state index in [0.29, 0.717) is 40.3 Å². The molecule has 8 atom stereocenters. The lowest BCUT2D eigenvalue weighted by atomic mass is 9.80. The maximum absolute atomic E-state index is 14.5. The molecule has 8 aromatic rings. The number of aliphatic hydroxyl groups is 1. The molecule has 27 heteroatoms. The summed E-state index contributed by atoms with van der Waals surface area (Å²) in [5.74, 6) is -0.845. The minimum Gasteiger partial charge on any atom is -0.497 e. The molecule has 0 spiro atoms. The van der Waals surface area contributed by atoms with Gasteiger partial charge in [0.05, 0.1) is 53.6 Å². The van der Waals surface area contributed by atoms with Gasteiger partial charge >= 0.3 is 25.5 Å². The number of imidazole rings is 2. The molecule has 6 heterocycles. The van der Waals surface area contributed by atoms with Gasteiger partial charge in [-0.1, -0.05) is 72.8 Å². The number of aliphatic hydroxyl groups excluding tert-OH is 1. The molecule has 444 valence electrons. The van der Waals surface area contributed by atoms with E-state index in [4.69, 9.17) is 42.2 Å². The highest BCUT2D eigenvalue weighted by molar-refractivity contribution is 7.47. The molecule has 2 aliphatic rings. The van der Waals surface area contributed by atoms with E-state index >= 15 is 0 Å². The molecule has 1 unspecified atom stereocenters. The summed E-state index contributed by atoms with van der Waals surface area (Å²) in [4.78, 5) is 91.9. The highest BCUT2D eigenvalue weighted by Crippen LogP contribution is 2.51. The van der Waals surface area contributed by atoms with Crippen molar-refractivity contribution in [3.05, 3.63) is 195 Å². The maximum atomic E-state index is 14.5. The zero-order valence-corrected chi connectivity index (χ0v) is 47.3. The number of nitrogens with zero attached hydrogens (tertiary/aromatic N) is 7. The number of aromatic amines is 1. The SMILES string of the molecule is COc1ccc(C(OC[C@H]2O[C@@H](n3cnc4c(NC(=O)c5ccccc5)ncnc43)[C@H](O)[C@@H]2OP(=O)(O)OC[C@H]2O[C@@H](n3cc(C)c(=O)[nH]c3=O)C[C@@H]2OC(=O)CCC(=O)OCCn2cc[n+](C)c2)(c2ccccc2)c2ccc(OC)cc2)cc1. The summed E-state index contributed by atoms with van der Waals surface area (Å²) in [5.41, 5.74) is -0.356. The van der Waals surface area contributed by atoms with Crippen LogP contribution in [0.1, 0.15) is 64.3 Å². The number of phosphoric ester groups is 1. The van der Waals surface area contributed by atoms with Crippen LogP contribution in [0.2, 0.25) is 0 Å². The van der Waals surface area contributed by atoms with Crippen LogP contribution in [0, 0.1) is 6.92 Å². The average Bonchev–Trinajstić information content (AvgIpc) is 2.27. The van der Waals surface area contributed by atoms with Crippen LogP contribution in [0.25, 0.3) is 11.2 Å². The molecule has 10 rings (SSSR count). The van der Waals surface area contributed by atoms with Crippen molar-refractivity contribution in [2.75, 3.05) is 39.4 Å². The fourth-order valence-corrected chi connectivity index (χ4v) is 11.1. The van der Waals surface area contributed by atoms with Gasteiger partial charge in [-0.25, -0.2) is 33.4 Å². The Labute approximate surface area is 485 Å². The number of aromatic nitrogens is 8. The fourth-order valence-electron chi connectivity index (χ4n) is 10.1. The van der Waals surface area contributed by atoms with Crippen LogP contribution in [0.5, 0.6) is 11.5 Å². The van der Waals surface area contributed by atoms with E-state index in [-0.39, 0.29) is 42.0 Å². The summed E-state index contributed by atoms with van der Waals surface area (Å²) >= 11 is 0. The lowest BCUT2D eigenvalue weighted by Gasteiger charge is -2.37. The minimum atomic E-state index is -5.39. The van der Waals surface area contributed by atoms with Crippen molar-refractivity contribution in [1.29, 1.82) is 0 Å². The van der Waals surface area contributed by atoms with Gasteiger partial charge in [0.1, 0.15) is 85.7 Å². The predicted molar refractivity (Wildman–Crippen MR) is 299 cm³/mol. The minimum absolute atomic E-state index is 0.0369. The van der Waals surface area contributed by atoms with Gasteiger partial charge < -0.3 is 48.5 Å². The van der Waals surface area contributed by atoms with Crippen LogP contribution in [-0.2, 0) is 66.1 Å². The van der Waals surface area contributed by atoms with Crippen molar-refractivity contribution in [2.24, 2.45) is 7.05 Å². The first kappa shape index (κ1) is 59.4. The Morgan fingerprint density at radius 3 is 2.15 bits per heavy atom. The second-order valence-corrected chi connectivity index (χ2v) is 21.4. The molecule has 0 radical (unpaired) electrons. The number of fused-ring (bicyclic) bond motifs is 1. The third kappa shape index (κ3) is 13.5. The lowest BCUT2D eigenvalue weighted by Crippen LogP contribution is -2.40. The molecule has 2 saturated heterocycles. The average molecular weight is 1190 g/mol. The second-order valence-electron chi connectivity index (χ2n) is 20.0. The van der Waals surface area contributed by atoms with Crippen LogP contribution in [-0.4, -0.2) is 126 Å². The maximum Gasteiger partial charge on any atom is 0.472 e. The fraction of sp³-hybridized carbons (Fsp3) is 0.328. The standard InChI is InChI=1S/C58H60N9O17P/c1-36-30-66(57(73)63-54(36)71)46-29-43(82-48(69)24-23-47(68)78-28-27-65-26-25-64(2)35-65)44(81-46)32-80-85(74,75)84-51-45(83-56(50(51)70)67-34-61-49-52(59-33-60-53(49)67)62-55(72)37-11-7-5-8-12-37)31-79-58(38-13-9-6-10-14-38,39-15-19-41(76-3)20-16-39)40-17-21-42(77-4)22-18-40/h5-22,25-26,30,33-35,43-46,50-51,56,70H,23-24,27-29,31-32H2,1-4H3,(H2-,59,60,62,63,71,72,73,74,75)/p+1/t43-,44+,45+,46+,50+,51+,56+/m0/s1. The van der Waals surface area contributed by atoms with Gasteiger partial charge in [-0.05, 0) is 60.0 Å². The quantitative estimate of drug-likeness (QED) is 0.0279. The van der Waals surface area contributed by atoms with Gasteiger partial charge in [-0.15, -0.1) is 0 Å². The molecule has 0 aliphatic carbocycles. The Morgan fingerprint density at radius 1 is 0.835 bits per heavy atom. The zero-order chi connectivity index (χ0) is 59.8.